The van der Waals surface area contributed by atoms with E-state index in [0.29, 0.717) is 17.6 Å². The number of carboxylic acid groups (broad SMARTS) is 1. The number of ether oxygens (including phenoxy) is 1. The van der Waals surface area contributed by atoms with Gasteiger partial charge in [0.1, 0.15) is 0 Å². The van der Waals surface area contributed by atoms with Gasteiger partial charge < -0.3 is 14.7 Å². The summed E-state index contributed by atoms with van der Waals surface area (Å²) in [7, 11) is 0. The van der Waals surface area contributed by atoms with Crippen LogP contribution < -0.4 is 4.74 Å². The van der Waals surface area contributed by atoms with E-state index in [1.807, 2.05) is 20.8 Å². The number of benzene rings is 1. The van der Waals surface area contributed by atoms with E-state index in [2.05, 4.69) is 15.9 Å². The predicted octanol–water partition coefficient (Wildman–Crippen LogP) is 4.38. The van der Waals surface area contributed by atoms with Gasteiger partial charge in [0.15, 0.2) is 11.6 Å². The standard InChI is InChI=1S/C16H21BrFNO3/c1-16(2,3)14-10(6-7-19(14)15(20)21)9-22-13-5-4-11(17)8-12(13)18/h4-5,8,10,14H,6-7,9H2,1-3H3,(H,20,21). The summed E-state index contributed by atoms with van der Waals surface area (Å²) in [5, 5.41) is 9.34. The molecular formula is C16H21BrFNO3. The van der Waals surface area contributed by atoms with Crippen molar-refractivity contribution < 1.29 is 19.0 Å². The van der Waals surface area contributed by atoms with Crippen LogP contribution in [0.25, 0.3) is 0 Å². The molecule has 1 aliphatic heterocycles. The van der Waals surface area contributed by atoms with E-state index in [4.69, 9.17) is 4.74 Å². The van der Waals surface area contributed by atoms with Gasteiger partial charge in [0, 0.05) is 23.0 Å². The molecule has 0 spiro atoms. The lowest BCUT2D eigenvalue weighted by Gasteiger charge is -2.37. The molecule has 0 saturated carbocycles. The van der Waals surface area contributed by atoms with Gasteiger partial charge in [0.2, 0.25) is 0 Å². The summed E-state index contributed by atoms with van der Waals surface area (Å²) >= 11 is 3.21. The molecular weight excluding hydrogens is 353 g/mol. The quantitative estimate of drug-likeness (QED) is 0.854. The zero-order chi connectivity index (χ0) is 16.5. The van der Waals surface area contributed by atoms with Crippen LogP contribution in [-0.2, 0) is 0 Å². The molecule has 1 fully saturated rings. The predicted molar refractivity (Wildman–Crippen MR) is 85.7 cm³/mol. The molecule has 2 unspecified atom stereocenters. The Kier molecular flexibility index (Phi) is 5.00. The van der Waals surface area contributed by atoms with Crippen molar-refractivity contribution in [1.82, 2.24) is 4.90 Å². The van der Waals surface area contributed by atoms with Gasteiger partial charge in [-0.15, -0.1) is 0 Å². The Hall–Kier alpha value is -1.30. The zero-order valence-corrected chi connectivity index (χ0v) is 14.6. The topological polar surface area (TPSA) is 49.8 Å². The van der Waals surface area contributed by atoms with Gasteiger partial charge in [-0.1, -0.05) is 36.7 Å². The molecule has 22 heavy (non-hydrogen) atoms. The first kappa shape index (κ1) is 17.1. The molecule has 6 heteroatoms. The monoisotopic (exact) mass is 373 g/mol. The molecule has 0 bridgehead atoms. The first-order chi connectivity index (χ1) is 10.2. The third-order valence-corrected chi connectivity index (χ3v) is 4.50. The van der Waals surface area contributed by atoms with Crippen LogP contribution in [0.1, 0.15) is 27.2 Å². The van der Waals surface area contributed by atoms with Gasteiger partial charge in [-0.25, -0.2) is 9.18 Å². The fourth-order valence-corrected chi connectivity index (χ4v) is 3.54. The molecule has 1 aromatic rings. The van der Waals surface area contributed by atoms with E-state index >= 15 is 0 Å². The summed E-state index contributed by atoms with van der Waals surface area (Å²) in [5.41, 5.74) is -0.193. The minimum Gasteiger partial charge on any atom is -0.490 e. The Morgan fingerprint density at radius 1 is 1.50 bits per heavy atom. The van der Waals surface area contributed by atoms with Gasteiger partial charge in [0.05, 0.1) is 6.61 Å². The number of hydrogen-bond acceptors (Lipinski definition) is 2. The number of carbonyl (C=O) groups is 1. The van der Waals surface area contributed by atoms with E-state index in [1.54, 1.807) is 12.1 Å². The SMILES string of the molecule is CC(C)(C)C1C(COc2ccc(Br)cc2F)CCN1C(=O)O. The number of amides is 1. The van der Waals surface area contributed by atoms with Gasteiger partial charge in [-0.2, -0.15) is 0 Å². The molecule has 2 rings (SSSR count). The van der Waals surface area contributed by atoms with Crippen LogP contribution in [0.4, 0.5) is 9.18 Å². The largest absolute Gasteiger partial charge is 0.490 e. The lowest BCUT2D eigenvalue weighted by molar-refractivity contribution is 0.0780. The minimum absolute atomic E-state index is 0.0548. The molecule has 2 atom stereocenters. The number of rotatable bonds is 3. The fourth-order valence-electron chi connectivity index (χ4n) is 3.21. The lowest BCUT2D eigenvalue weighted by Crippen LogP contribution is -2.46. The molecule has 1 saturated heterocycles. The molecule has 1 heterocycles. The van der Waals surface area contributed by atoms with Crippen LogP contribution in [0.3, 0.4) is 0 Å². The van der Waals surface area contributed by atoms with E-state index in [1.165, 1.54) is 11.0 Å². The first-order valence-electron chi connectivity index (χ1n) is 7.27. The summed E-state index contributed by atoms with van der Waals surface area (Å²) in [6, 6.07) is 4.52. The molecule has 1 aromatic carbocycles. The summed E-state index contributed by atoms with van der Waals surface area (Å²) < 4.78 is 20.1. The maximum atomic E-state index is 13.8. The molecule has 1 aliphatic rings. The van der Waals surface area contributed by atoms with Crippen molar-refractivity contribution in [3.8, 4) is 5.75 Å². The Morgan fingerprint density at radius 3 is 2.73 bits per heavy atom. The Balaban J connectivity index is 2.09. The van der Waals surface area contributed by atoms with E-state index in [-0.39, 0.29) is 23.1 Å². The number of halogens is 2. The Bertz CT molecular complexity index is 559. The average molecular weight is 374 g/mol. The van der Waals surface area contributed by atoms with Crippen LogP contribution in [0.2, 0.25) is 0 Å². The van der Waals surface area contributed by atoms with Crippen LogP contribution in [-0.4, -0.2) is 35.3 Å². The van der Waals surface area contributed by atoms with Crippen molar-refractivity contribution in [3.05, 3.63) is 28.5 Å². The van der Waals surface area contributed by atoms with Crippen molar-refractivity contribution >= 4 is 22.0 Å². The molecule has 122 valence electrons. The Labute approximate surface area is 138 Å². The van der Waals surface area contributed by atoms with Crippen LogP contribution >= 0.6 is 15.9 Å². The van der Waals surface area contributed by atoms with Crippen LogP contribution in [0, 0.1) is 17.2 Å². The van der Waals surface area contributed by atoms with E-state index < -0.39 is 11.9 Å². The van der Waals surface area contributed by atoms with Crippen LogP contribution in [0.15, 0.2) is 22.7 Å². The summed E-state index contributed by atoms with van der Waals surface area (Å²) in [4.78, 5) is 12.9. The lowest BCUT2D eigenvalue weighted by atomic mass is 9.80. The third-order valence-electron chi connectivity index (χ3n) is 4.00. The second-order valence-electron chi connectivity index (χ2n) is 6.72. The van der Waals surface area contributed by atoms with Crippen molar-refractivity contribution in [2.24, 2.45) is 11.3 Å². The van der Waals surface area contributed by atoms with Gasteiger partial charge in [-0.3, -0.25) is 0 Å². The average Bonchev–Trinajstić information content (AvgIpc) is 2.81. The van der Waals surface area contributed by atoms with Gasteiger partial charge >= 0.3 is 6.09 Å². The maximum absolute atomic E-state index is 13.8. The van der Waals surface area contributed by atoms with Crippen molar-refractivity contribution in [2.75, 3.05) is 13.2 Å². The summed E-state index contributed by atoms with van der Waals surface area (Å²) in [5.74, 6) is -0.168. The Morgan fingerprint density at radius 2 is 2.18 bits per heavy atom. The molecule has 0 radical (unpaired) electrons. The van der Waals surface area contributed by atoms with Gasteiger partial charge in [-0.05, 0) is 30.0 Å². The highest BCUT2D eigenvalue weighted by atomic mass is 79.9. The third kappa shape index (κ3) is 3.72. The molecule has 1 amide bonds. The van der Waals surface area contributed by atoms with Crippen molar-refractivity contribution in [2.45, 2.75) is 33.2 Å². The molecule has 4 nitrogen and oxygen atoms in total. The van der Waals surface area contributed by atoms with E-state index in [0.717, 1.165) is 6.42 Å². The fraction of sp³-hybridized carbons (Fsp3) is 0.562. The van der Waals surface area contributed by atoms with E-state index in [9.17, 15) is 14.3 Å². The highest BCUT2D eigenvalue weighted by molar-refractivity contribution is 9.10. The summed E-state index contributed by atoms with van der Waals surface area (Å²) in [6.45, 7) is 6.86. The van der Waals surface area contributed by atoms with Crippen LogP contribution in [0.5, 0.6) is 5.75 Å². The second-order valence-corrected chi connectivity index (χ2v) is 7.64. The first-order valence-corrected chi connectivity index (χ1v) is 8.07. The highest BCUT2D eigenvalue weighted by Crippen LogP contribution is 2.37. The van der Waals surface area contributed by atoms with Crippen molar-refractivity contribution in [1.29, 1.82) is 0 Å². The number of nitrogens with zero attached hydrogens (tertiary/aromatic N) is 1. The molecule has 1 N–H and O–H groups in total. The normalized spacial score (nSPS) is 22.0. The smallest absolute Gasteiger partial charge is 0.407 e. The highest BCUT2D eigenvalue weighted by Gasteiger charge is 2.44. The van der Waals surface area contributed by atoms with Gasteiger partial charge in [0.25, 0.3) is 0 Å². The minimum atomic E-state index is -0.905. The summed E-state index contributed by atoms with van der Waals surface area (Å²) in [6.07, 6.45) is -0.177. The maximum Gasteiger partial charge on any atom is 0.407 e. The number of likely N-dealkylation sites (tertiary alicyclic amines) is 1. The van der Waals surface area contributed by atoms with Crippen molar-refractivity contribution in [3.63, 3.8) is 0 Å². The molecule has 0 aromatic heterocycles. The molecule has 0 aliphatic carbocycles. The zero-order valence-electron chi connectivity index (χ0n) is 13.0. The second kappa shape index (κ2) is 6.44. The number of hydrogen-bond donors (Lipinski definition) is 1.